The number of anilines is 1. The van der Waals surface area contributed by atoms with Gasteiger partial charge in [0.15, 0.2) is 0 Å². The third kappa shape index (κ3) is 4.94. The highest BCUT2D eigenvalue weighted by molar-refractivity contribution is 6.34. The number of hydrazine groups is 1. The lowest BCUT2D eigenvalue weighted by Crippen LogP contribution is -2.52. The number of carbonyl (C=O) groups is 4. The van der Waals surface area contributed by atoms with Crippen LogP contribution in [0.3, 0.4) is 0 Å². The second kappa shape index (κ2) is 9.56. The zero-order chi connectivity index (χ0) is 22.4. The van der Waals surface area contributed by atoms with Crippen molar-refractivity contribution in [3.63, 3.8) is 0 Å². The van der Waals surface area contributed by atoms with Crippen molar-refractivity contribution < 1.29 is 38.1 Å². The maximum absolute atomic E-state index is 13.9. The smallest absolute Gasteiger partial charge is 0.424 e. The summed E-state index contributed by atoms with van der Waals surface area (Å²) in [7, 11) is 2.41. The molecule has 0 fully saturated rings. The Balaban J connectivity index is 2.40. The van der Waals surface area contributed by atoms with Gasteiger partial charge in [-0.25, -0.2) is 24.2 Å². The highest BCUT2D eigenvalue weighted by Crippen LogP contribution is 2.25. The standard InChI is InChI=1S/C18H15ClFN3O7/c1-29-13-7-6-9(8-10(13)16(25)30-2)23(22-18(27)28)17(26)21-15(24)14-11(19)4-3-5-12(14)20/h3-8,22H,1-2H3,(H,27,28)(H,21,24,26). The van der Waals surface area contributed by atoms with Crippen LogP contribution in [0.1, 0.15) is 20.7 Å². The van der Waals surface area contributed by atoms with Crippen LogP contribution in [0, 0.1) is 5.82 Å². The number of methoxy groups -OCH3 is 2. The van der Waals surface area contributed by atoms with E-state index in [9.17, 15) is 23.6 Å². The highest BCUT2D eigenvalue weighted by atomic mass is 35.5. The first-order valence-electron chi connectivity index (χ1n) is 8.05. The second-order valence-corrected chi connectivity index (χ2v) is 5.89. The summed E-state index contributed by atoms with van der Waals surface area (Å²) >= 11 is 5.79. The minimum absolute atomic E-state index is 0.0931. The molecule has 0 atom stereocenters. The number of rotatable bonds is 4. The summed E-state index contributed by atoms with van der Waals surface area (Å²) in [5, 5.41) is 11.0. The lowest BCUT2D eigenvalue weighted by molar-refractivity contribution is 0.0596. The molecule has 158 valence electrons. The number of benzene rings is 2. The van der Waals surface area contributed by atoms with Crippen LogP contribution in [0.25, 0.3) is 0 Å². The van der Waals surface area contributed by atoms with Gasteiger partial charge in [-0.3, -0.25) is 10.1 Å². The van der Waals surface area contributed by atoms with Crippen LogP contribution in [0.2, 0.25) is 5.02 Å². The Morgan fingerprint density at radius 2 is 1.83 bits per heavy atom. The molecule has 0 heterocycles. The normalized spacial score (nSPS) is 10.0. The van der Waals surface area contributed by atoms with Gasteiger partial charge in [0.05, 0.1) is 30.5 Å². The molecule has 0 saturated heterocycles. The zero-order valence-electron chi connectivity index (χ0n) is 15.6. The molecule has 0 radical (unpaired) electrons. The molecular formula is C18H15ClFN3O7. The number of carbonyl (C=O) groups excluding carboxylic acids is 3. The summed E-state index contributed by atoms with van der Waals surface area (Å²) in [5.74, 6) is -2.92. The fourth-order valence-corrected chi connectivity index (χ4v) is 2.61. The van der Waals surface area contributed by atoms with Crippen molar-refractivity contribution in [3.05, 3.63) is 58.4 Å². The molecule has 0 aliphatic carbocycles. The molecule has 10 nitrogen and oxygen atoms in total. The lowest BCUT2D eigenvalue weighted by Gasteiger charge is -2.22. The quantitative estimate of drug-likeness (QED) is 0.492. The molecular weight excluding hydrogens is 425 g/mol. The average Bonchev–Trinajstić information content (AvgIpc) is 2.70. The van der Waals surface area contributed by atoms with Gasteiger partial charge < -0.3 is 14.6 Å². The van der Waals surface area contributed by atoms with Crippen molar-refractivity contribution in [1.82, 2.24) is 10.7 Å². The number of esters is 1. The molecule has 12 heteroatoms. The number of hydrogen-bond donors (Lipinski definition) is 3. The highest BCUT2D eigenvalue weighted by Gasteiger charge is 2.25. The number of nitrogens with zero attached hydrogens (tertiary/aromatic N) is 1. The van der Waals surface area contributed by atoms with Gasteiger partial charge in [0.2, 0.25) is 0 Å². The fraction of sp³-hybridized carbons (Fsp3) is 0.111. The van der Waals surface area contributed by atoms with Crippen LogP contribution in [-0.4, -0.2) is 43.3 Å². The van der Waals surface area contributed by atoms with Gasteiger partial charge >= 0.3 is 18.1 Å². The number of imide groups is 1. The minimum Gasteiger partial charge on any atom is -0.496 e. The Morgan fingerprint density at radius 3 is 2.40 bits per heavy atom. The predicted octanol–water partition coefficient (Wildman–Crippen LogP) is 2.81. The van der Waals surface area contributed by atoms with Gasteiger partial charge in [-0.05, 0) is 30.3 Å². The monoisotopic (exact) mass is 439 g/mol. The van der Waals surface area contributed by atoms with Crippen molar-refractivity contribution in [1.29, 1.82) is 0 Å². The molecule has 0 unspecified atom stereocenters. The first-order valence-corrected chi connectivity index (χ1v) is 8.42. The zero-order valence-corrected chi connectivity index (χ0v) is 16.3. The third-order valence-electron chi connectivity index (χ3n) is 3.67. The summed E-state index contributed by atoms with van der Waals surface area (Å²) in [6.07, 6.45) is -1.66. The van der Waals surface area contributed by atoms with E-state index in [-0.39, 0.29) is 22.0 Å². The summed E-state index contributed by atoms with van der Waals surface area (Å²) in [6.45, 7) is 0. The van der Waals surface area contributed by atoms with E-state index in [0.29, 0.717) is 5.01 Å². The average molecular weight is 440 g/mol. The van der Waals surface area contributed by atoms with Crippen molar-refractivity contribution in [2.45, 2.75) is 0 Å². The van der Waals surface area contributed by atoms with Crippen LogP contribution in [0.5, 0.6) is 5.75 Å². The molecule has 0 bridgehead atoms. The van der Waals surface area contributed by atoms with Crippen molar-refractivity contribution in [3.8, 4) is 5.75 Å². The lowest BCUT2D eigenvalue weighted by atomic mass is 10.1. The largest absolute Gasteiger partial charge is 0.496 e. The Morgan fingerprint density at radius 1 is 1.13 bits per heavy atom. The number of ether oxygens (including phenoxy) is 2. The molecule has 30 heavy (non-hydrogen) atoms. The first kappa shape index (κ1) is 22.4. The van der Waals surface area contributed by atoms with Crippen LogP contribution in [0.15, 0.2) is 36.4 Å². The van der Waals surface area contributed by atoms with Gasteiger partial charge in [-0.15, -0.1) is 0 Å². The molecule has 2 rings (SSSR count). The summed E-state index contributed by atoms with van der Waals surface area (Å²) < 4.78 is 23.5. The Hall–Kier alpha value is -3.86. The van der Waals surface area contributed by atoms with Gasteiger partial charge in [0.25, 0.3) is 5.91 Å². The van der Waals surface area contributed by atoms with E-state index >= 15 is 0 Å². The molecule has 0 saturated carbocycles. The maximum atomic E-state index is 13.9. The Kier molecular flexibility index (Phi) is 7.15. The molecule has 4 amide bonds. The van der Waals surface area contributed by atoms with E-state index < -0.39 is 35.4 Å². The number of nitrogens with one attached hydrogen (secondary N) is 2. The van der Waals surface area contributed by atoms with E-state index in [4.69, 9.17) is 21.4 Å². The van der Waals surface area contributed by atoms with E-state index in [1.165, 1.54) is 31.4 Å². The summed E-state index contributed by atoms with van der Waals surface area (Å²) in [5.41, 5.74) is 0.883. The number of hydrogen-bond acceptors (Lipinski definition) is 6. The van der Waals surface area contributed by atoms with E-state index in [0.717, 1.165) is 19.2 Å². The Bertz CT molecular complexity index is 995. The van der Waals surface area contributed by atoms with E-state index in [1.807, 2.05) is 5.32 Å². The summed E-state index contributed by atoms with van der Waals surface area (Å²) in [4.78, 5) is 47.9. The maximum Gasteiger partial charge on any atom is 0.424 e. The Labute approximate surface area is 174 Å². The van der Waals surface area contributed by atoms with Crippen molar-refractivity contribution in [2.75, 3.05) is 19.2 Å². The van der Waals surface area contributed by atoms with E-state index in [2.05, 4.69) is 4.74 Å². The van der Waals surface area contributed by atoms with Crippen molar-refractivity contribution in [2.24, 2.45) is 0 Å². The number of halogens is 2. The fourth-order valence-electron chi connectivity index (χ4n) is 2.36. The van der Waals surface area contributed by atoms with Gasteiger partial charge in [0.1, 0.15) is 17.1 Å². The van der Waals surface area contributed by atoms with Crippen LogP contribution in [0.4, 0.5) is 19.7 Å². The van der Waals surface area contributed by atoms with Gasteiger partial charge in [-0.2, -0.15) is 5.01 Å². The summed E-state index contributed by atoms with van der Waals surface area (Å²) in [6, 6.07) is 5.79. The SMILES string of the molecule is COC(=O)c1cc(N(NC(=O)O)C(=O)NC(=O)c2c(F)cccc2Cl)ccc1OC. The minimum atomic E-state index is -1.66. The van der Waals surface area contributed by atoms with Crippen LogP contribution < -0.4 is 20.5 Å². The predicted molar refractivity (Wildman–Crippen MR) is 102 cm³/mol. The number of amides is 4. The van der Waals surface area contributed by atoms with Crippen LogP contribution in [-0.2, 0) is 4.74 Å². The molecule has 0 spiro atoms. The van der Waals surface area contributed by atoms with Gasteiger partial charge in [-0.1, -0.05) is 17.7 Å². The molecule has 2 aromatic rings. The van der Waals surface area contributed by atoms with E-state index in [1.54, 1.807) is 5.43 Å². The number of urea groups is 1. The topological polar surface area (TPSA) is 134 Å². The molecule has 3 N–H and O–H groups in total. The van der Waals surface area contributed by atoms with Gasteiger partial charge in [0, 0.05) is 0 Å². The van der Waals surface area contributed by atoms with Crippen molar-refractivity contribution >= 4 is 41.3 Å². The molecule has 0 aliphatic heterocycles. The number of carboxylic acid groups (broad SMARTS) is 1. The molecule has 2 aromatic carbocycles. The first-order chi connectivity index (χ1) is 14.2. The second-order valence-electron chi connectivity index (χ2n) is 5.48. The molecule has 0 aliphatic rings. The molecule has 0 aromatic heterocycles. The van der Waals surface area contributed by atoms with Crippen LogP contribution >= 0.6 is 11.6 Å². The third-order valence-corrected chi connectivity index (χ3v) is 3.98.